The number of nitro groups is 1. The Morgan fingerprint density at radius 3 is 2.00 bits per heavy atom. The third-order valence-corrected chi connectivity index (χ3v) is 2.46. The van der Waals surface area contributed by atoms with Gasteiger partial charge in [0, 0.05) is 29.6 Å². The quantitative estimate of drug-likeness (QED) is 0.670. The van der Waals surface area contributed by atoms with Gasteiger partial charge in [-0.1, -0.05) is 0 Å². The van der Waals surface area contributed by atoms with Gasteiger partial charge in [-0.25, -0.2) is 13.6 Å². The van der Waals surface area contributed by atoms with Crippen molar-refractivity contribution in [3.8, 4) is 0 Å². The van der Waals surface area contributed by atoms with Gasteiger partial charge in [0.15, 0.2) is 0 Å². The maximum Gasteiger partial charge on any atom is 0.323 e. The Morgan fingerprint density at radius 2 is 1.48 bits per heavy atom. The van der Waals surface area contributed by atoms with E-state index in [4.69, 9.17) is 0 Å². The molecule has 0 radical (unpaired) electrons. The van der Waals surface area contributed by atoms with Crippen LogP contribution in [0, 0.1) is 21.7 Å². The minimum atomic E-state index is -0.819. The highest BCUT2D eigenvalue weighted by molar-refractivity contribution is 5.99. The Hall–Kier alpha value is -3.03. The van der Waals surface area contributed by atoms with Gasteiger partial charge < -0.3 is 10.6 Å². The molecule has 2 amide bonds. The van der Waals surface area contributed by atoms with Crippen LogP contribution in [0.15, 0.2) is 42.5 Å². The van der Waals surface area contributed by atoms with Crippen LogP contribution < -0.4 is 10.6 Å². The fourth-order valence-electron chi connectivity index (χ4n) is 1.59. The molecule has 0 saturated carbocycles. The molecule has 2 aromatic carbocycles. The summed E-state index contributed by atoms with van der Waals surface area (Å²) in [5, 5.41) is 15.1. The van der Waals surface area contributed by atoms with E-state index < -0.39 is 22.6 Å². The van der Waals surface area contributed by atoms with Crippen molar-refractivity contribution in [2.45, 2.75) is 0 Å². The number of nitro benzene ring substituents is 1. The number of nitrogens with one attached hydrogen (secondary N) is 2. The molecule has 2 N–H and O–H groups in total. The number of carbonyl (C=O) groups excluding carboxylic acids is 1. The molecule has 0 saturated heterocycles. The molecule has 0 bridgehead atoms. The second kappa shape index (κ2) is 5.95. The number of hydrogen-bond donors (Lipinski definition) is 2. The summed E-state index contributed by atoms with van der Waals surface area (Å²) in [6, 6.07) is 6.98. The topological polar surface area (TPSA) is 84.3 Å². The lowest BCUT2D eigenvalue weighted by atomic mass is 10.3. The normalized spacial score (nSPS) is 10.0. The van der Waals surface area contributed by atoms with Crippen molar-refractivity contribution < 1.29 is 18.5 Å². The highest BCUT2D eigenvalue weighted by Crippen LogP contribution is 2.16. The fraction of sp³-hybridized carbons (Fsp3) is 0. The zero-order valence-electron chi connectivity index (χ0n) is 10.5. The minimum Gasteiger partial charge on any atom is -0.308 e. The second-order valence-corrected chi connectivity index (χ2v) is 4.04. The number of non-ortho nitro benzene ring substituents is 1. The number of benzene rings is 2. The average molecular weight is 293 g/mol. The van der Waals surface area contributed by atoms with E-state index in [0.29, 0.717) is 11.8 Å². The SMILES string of the molecule is O=C(Nc1ccc([N+](=O)[O-])cc1)Nc1cc(F)cc(F)c1. The van der Waals surface area contributed by atoms with E-state index in [2.05, 4.69) is 10.6 Å². The molecule has 0 atom stereocenters. The van der Waals surface area contributed by atoms with Crippen LogP contribution in [0.2, 0.25) is 0 Å². The first-order chi connectivity index (χ1) is 9.94. The minimum absolute atomic E-state index is 0.0492. The summed E-state index contributed by atoms with van der Waals surface area (Å²) in [5.41, 5.74) is 0.134. The molecule has 2 aromatic rings. The van der Waals surface area contributed by atoms with Crippen LogP contribution in [0.5, 0.6) is 0 Å². The van der Waals surface area contributed by atoms with E-state index in [9.17, 15) is 23.7 Å². The van der Waals surface area contributed by atoms with Crippen LogP contribution in [-0.2, 0) is 0 Å². The van der Waals surface area contributed by atoms with Gasteiger partial charge in [-0.05, 0) is 24.3 Å². The van der Waals surface area contributed by atoms with E-state index in [1.807, 2.05) is 0 Å². The average Bonchev–Trinajstić information content (AvgIpc) is 2.37. The summed E-state index contributed by atoms with van der Waals surface area (Å²) >= 11 is 0. The number of anilines is 2. The molecule has 6 nitrogen and oxygen atoms in total. The Balaban J connectivity index is 2.02. The zero-order chi connectivity index (χ0) is 15.4. The Bertz CT molecular complexity index is 669. The summed E-state index contributed by atoms with van der Waals surface area (Å²) in [5.74, 6) is -1.64. The molecular formula is C13H9F2N3O3. The predicted octanol–water partition coefficient (Wildman–Crippen LogP) is 3.52. The molecule has 0 unspecified atom stereocenters. The molecule has 8 heteroatoms. The summed E-state index contributed by atoms with van der Waals surface area (Å²) < 4.78 is 25.9. The van der Waals surface area contributed by atoms with Crippen LogP contribution in [0.3, 0.4) is 0 Å². The second-order valence-electron chi connectivity index (χ2n) is 4.04. The van der Waals surface area contributed by atoms with Crippen LogP contribution in [0.1, 0.15) is 0 Å². The van der Waals surface area contributed by atoms with Gasteiger partial charge in [0.25, 0.3) is 5.69 Å². The van der Waals surface area contributed by atoms with Crippen LogP contribution in [0.25, 0.3) is 0 Å². The lowest BCUT2D eigenvalue weighted by molar-refractivity contribution is -0.384. The summed E-state index contributed by atoms with van der Waals surface area (Å²) in [6.45, 7) is 0. The smallest absolute Gasteiger partial charge is 0.308 e. The molecule has 0 heterocycles. The van der Waals surface area contributed by atoms with E-state index in [1.165, 1.54) is 24.3 Å². The lowest BCUT2D eigenvalue weighted by Gasteiger charge is -2.07. The van der Waals surface area contributed by atoms with Crippen molar-refractivity contribution >= 4 is 23.1 Å². The van der Waals surface area contributed by atoms with Crippen molar-refractivity contribution in [1.82, 2.24) is 0 Å². The van der Waals surface area contributed by atoms with Crippen LogP contribution in [0.4, 0.5) is 30.6 Å². The number of carbonyl (C=O) groups is 1. The molecule has 0 spiro atoms. The maximum absolute atomic E-state index is 12.9. The highest BCUT2D eigenvalue weighted by atomic mass is 19.1. The number of hydrogen-bond acceptors (Lipinski definition) is 3. The molecular weight excluding hydrogens is 284 g/mol. The van der Waals surface area contributed by atoms with Gasteiger partial charge in [0.2, 0.25) is 0 Å². The van der Waals surface area contributed by atoms with E-state index in [0.717, 1.165) is 12.1 Å². The number of rotatable bonds is 3. The Morgan fingerprint density at radius 1 is 0.952 bits per heavy atom. The third-order valence-electron chi connectivity index (χ3n) is 2.46. The maximum atomic E-state index is 12.9. The van der Waals surface area contributed by atoms with Crippen LogP contribution in [-0.4, -0.2) is 11.0 Å². The van der Waals surface area contributed by atoms with Gasteiger partial charge in [0.1, 0.15) is 11.6 Å². The first kappa shape index (κ1) is 14.4. The van der Waals surface area contributed by atoms with E-state index in [-0.39, 0.29) is 11.4 Å². The number of amides is 2. The van der Waals surface area contributed by atoms with Crippen LogP contribution >= 0.6 is 0 Å². The molecule has 0 aliphatic carbocycles. The Labute approximate surface area is 117 Å². The molecule has 0 aliphatic heterocycles. The summed E-state index contributed by atoms with van der Waals surface area (Å²) in [7, 11) is 0. The zero-order valence-corrected chi connectivity index (χ0v) is 10.5. The van der Waals surface area contributed by atoms with E-state index >= 15 is 0 Å². The van der Waals surface area contributed by atoms with Crippen molar-refractivity contribution in [1.29, 1.82) is 0 Å². The van der Waals surface area contributed by atoms with Gasteiger partial charge in [-0.15, -0.1) is 0 Å². The molecule has 21 heavy (non-hydrogen) atoms. The number of halogens is 2. The predicted molar refractivity (Wildman–Crippen MR) is 72.1 cm³/mol. The van der Waals surface area contributed by atoms with Crippen molar-refractivity contribution in [2.75, 3.05) is 10.6 Å². The molecule has 108 valence electrons. The van der Waals surface area contributed by atoms with Gasteiger partial charge >= 0.3 is 6.03 Å². The van der Waals surface area contributed by atoms with Crippen molar-refractivity contribution in [2.24, 2.45) is 0 Å². The fourth-order valence-corrected chi connectivity index (χ4v) is 1.59. The summed E-state index contributed by atoms with van der Waals surface area (Å²) in [6.07, 6.45) is 0. The van der Waals surface area contributed by atoms with Gasteiger partial charge in [0.05, 0.1) is 4.92 Å². The first-order valence-corrected chi connectivity index (χ1v) is 5.72. The highest BCUT2D eigenvalue weighted by Gasteiger charge is 2.08. The van der Waals surface area contributed by atoms with Gasteiger partial charge in [-0.2, -0.15) is 0 Å². The monoisotopic (exact) mass is 293 g/mol. The molecule has 2 rings (SSSR count). The molecule has 0 aromatic heterocycles. The Kier molecular flexibility index (Phi) is 4.07. The third kappa shape index (κ3) is 3.96. The number of nitrogens with zero attached hydrogens (tertiary/aromatic N) is 1. The molecule has 0 aliphatic rings. The number of urea groups is 1. The first-order valence-electron chi connectivity index (χ1n) is 5.72. The largest absolute Gasteiger partial charge is 0.323 e. The van der Waals surface area contributed by atoms with E-state index in [1.54, 1.807) is 0 Å². The lowest BCUT2D eigenvalue weighted by Crippen LogP contribution is -2.19. The van der Waals surface area contributed by atoms with Crippen molar-refractivity contribution in [3.05, 3.63) is 64.2 Å². The standard InChI is InChI=1S/C13H9F2N3O3/c14-8-5-9(15)7-11(6-8)17-13(19)16-10-1-3-12(4-2-10)18(20)21/h1-7H,(H2,16,17,19). The summed E-state index contributed by atoms with van der Waals surface area (Å²) in [4.78, 5) is 21.5. The van der Waals surface area contributed by atoms with Gasteiger partial charge in [-0.3, -0.25) is 10.1 Å². The van der Waals surface area contributed by atoms with Crippen molar-refractivity contribution in [3.63, 3.8) is 0 Å². The molecule has 0 fully saturated rings.